The highest BCUT2D eigenvalue weighted by atomic mass is 32.2. The second-order valence-electron chi connectivity index (χ2n) is 4.03. The molecule has 0 aromatic carbocycles. The Balaban J connectivity index is 2.64. The fourth-order valence-electron chi connectivity index (χ4n) is 1.72. The Morgan fingerprint density at radius 1 is 1.21 bits per heavy atom. The van der Waals surface area contributed by atoms with Crippen molar-refractivity contribution in [1.82, 2.24) is 4.31 Å². The zero-order chi connectivity index (χ0) is 10.6. The van der Waals surface area contributed by atoms with Crippen molar-refractivity contribution in [2.75, 3.05) is 18.8 Å². The van der Waals surface area contributed by atoms with Crippen molar-refractivity contribution in [3.05, 3.63) is 12.2 Å². The molecule has 0 spiro atoms. The smallest absolute Gasteiger partial charge is 0.212 e. The van der Waals surface area contributed by atoms with Gasteiger partial charge in [-0.2, -0.15) is 0 Å². The monoisotopic (exact) mass is 217 g/mol. The van der Waals surface area contributed by atoms with E-state index in [0.29, 0.717) is 18.7 Å². The van der Waals surface area contributed by atoms with Crippen LogP contribution in [0.3, 0.4) is 0 Å². The average molecular weight is 217 g/mol. The third kappa shape index (κ3) is 3.42. The van der Waals surface area contributed by atoms with Crippen LogP contribution in [0.25, 0.3) is 0 Å². The van der Waals surface area contributed by atoms with E-state index in [4.69, 9.17) is 0 Å². The Bertz CT molecular complexity index is 287. The van der Waals surface area contributed by atoms with E-state index in [9.17, 15) is 8.42 Å². The van der Waals surface area contributed by atoms with E-state index in [1.54, 1.807) is 11.2 Å². The molecule has 0 radical (unpaired) electrons. The predicted octanol–water partition coefficient (Wildman–Crippen LogP) is 1.77. The lowest BCUT2D eigenvalue weighted by molar-refractivity contribution is 0.425. The van der Waals surface area contributed by atoms with Crippen molar-refractivity contribution in [1.29, 1.82) is 0 Å². The summed E-state index contributed by atoms with van der Waals surface area (Å²) in [5, 5.41) is 0. The molecule has 1 rings (SSSR count). The summed E-state index contributed by atoms with van der Waals surface area (Å²) in [6, 6.07) is 0. The molecule has 14 heavy (non-hydrogen) atoms. The summed E-state index contributed by atoms with van der Waals surface area (Å²) >= 11 is 0. The van der Waals surface area contributed by atoms with Crippen LogP contribution in [-0.4, -0.2) is 31.6 Å². The second kappa shape index (κ2) is 4.94. The Hall–Kier alpha value is -0.350. The number of nitrogens with zero attached hydrogens (tertiary/aromatic N) is 1. The molecule has 0 N–H and O–H groups in total. The molecule has 0 bridgehead atoms. The SMILES string of the molecule is C=C(C)CS(=O)(=O)N1CCCCCC1. The Kier molecular flexibility index (Phi) is 4.13. The topological polar surface area (TPSA) is 37.4 Å². The summed E-state index contributed by atoms with van der Waals surface area (Å²) in [7, 11) is -3.07. The van der Waals surface area contributed by atoms with E-state index in [0.717, 1.165) is 25.7 Å². The van der Waals surface area contributed by atoms with Crippen molar-refractivity contribution >= 4 is 10.0 Å². The van der Waals surface area contributed by atoms with Crippen molar-refractivity contribution in [2.45, 2.75) is 32.6 Å². The maximum absolute atomic E-state index is 11.8. The van der Waals surface area contributed by atoms with Gasteiger partial charge in [0.15, 0.2) is 0 Å². The minimum absolute atomic E-state index is 0.104. The van der Waals surface area contributed by atoms with Crippen LogP contribution in [0, 0.1) is 0 Å². The van der Waals surface area contributed by atoms with Gasteiger partial charge in [0.25, 0.3) is 0 Å². The van der Waals surface area contributed by atoms with Crippen molar-refractivity contribution in [3.8, 4) is 0 Å². The lowest BCUT2D eigenvalue weighted by atomic mass is 10.2. The third-order valence-electron chi connectivity index (χ3n) is 2.39. The first-order valence-corrected chi connectivity index (χ1v) is 6.75. The molecule has 1 fully saturated rings. The molecule has 1 heterocycles. The molecule has 0 atom stereocenters. The van der Waals surface area contributed by atoms with Gasteiger partial charge in [0.1, 0.15) is 0 Å². The van der Waals surface area contributed by atoms with Crippen molar-refractivity contribution in [3.63, 3.8) is 0 Å². The Morgan fingerprint density at radius 2 is 1.71 bits per heavy atom. The van der Waals surface area contributed by atoms with Gasteiger partial charge in [0.2, 0.25) is 10.0 Å². The first-order valence-electron chi connectivity index (χ1n) is 5.14. The maximum atomic E-state index is 11.8. The van der Waals surface area contributed by atoms with Crippen LogP contribution in [0.1, 0.15) is 32.6 Å². The van der Waals surface area contributed by atoms with Crippen LogP contribution in [0.15, 0.2) is 12.2 Å². The van der Waals surface area contributed by atoms with Gasteiger partial charge >= 0.3 is 0 Å². The standard InChI is InChI=1S/C10H19NO2S/c1-10(2)9-14(12,13)11-7-5-3-4-6-8-11/h1,3-9H2,2H3. The summed E-state index contributed by atoms with van der Waals surface area (Å²) in [5.74, 6) is 0.104. The van der Waals surface area contributed by atoms with Crippen molar-refractivity contribution < 1.29 is 8.42 Å². The summed E-state index contributed by atoms with van der Waals surface area (Å²) in [6.45, 7) is 6.79. The minimum atomic E-state index is -3.07. The molecule has 0 unspecified atom stereocenters. The zero-order valence-corrected chi connectivity index (χ0v) is 9.65. The van der Waals surface area contributed by atoms with E-state index in [1.165, 1.54) is 0 Å². The van der Waals surface area contributed by atoms with Gasteiger partial charge in [-0.25, -0.2) is 12.7 Å². The molecule has 0 aromatic rings. The minimum Gasteiger partial charge on any atom is -0.212 e. The van der Waals surface area contributed by atoms with E-state index >= 15 is 0 Å². The average Bonchev–Trinajstić information content (AvgIpc) is 2.28. The van der Waals surface area contributed by atoms with Crippen LogP contribution >= 0.6 is 0 Å². The van der Waals surface area contributed by atoms with Crippen LogP contribution in [0.5, 0.6) is 0 Å². The van der Waals surface area contributed by atoms with Gasteiger partial charge < -0.3 is 0 Å². The molecular weight excluding hydrogens is 198 g/mol. The normalized spacial score (nSPS) is 20.4. The first-order chi connectivity index (χ1) is 6.52. The highest BCUT2D eigenvalue weighted by molar-refractivity contribution is 7.89. The molecule has 0 aromatic heterocycles. The zero-order valence-electron chi connectivity index (χ0n) is 8.83. The fraction of sp³-hybridized carbons (Fsp3) is 0.800. The van der Waals surface area contributed by atoms with Gasteiger partial charge in [0.05, 0.1) is 5.75 Å². The Morgan fingerprint density at radius 3 is 2.14 bits per heavy atom. The fourth-order valence-corrected chi connectivity index (χ4v) is 3.34. The summed E-state index contributed by atoms with van der Waals surface area (Å²) in [4.78, 5) is 0. The Labute approximate surface area is 86.8 Å². The molecule has 4 heteroatoms. The number of hydrogen-bond donors (Lipinski definition) is 0. The van der Waals surface area contributed by atoms with Crippen LogP contribution in [0.2, 0.25) is 0 Å². The van der Waals surface area contributed by atoms with E-state index < -0.39 is 10.0 Å². The lowest BCUT2D eigenvalue weighted by Crippen LogP contribution is -2.34. The molecular formula is C10H19NO2S. The van der Waals surface area contributed by atoms with Gasteiger partial charge in [-0.05, 0) is 19.8 Å². The predicted molar refractivity (Wildman–Crippen MR) is 58.6 cm³/mol. The third-order valence-corrected chi connectivity index (χ3v) is 4.40. The number of sulfonamides is 1. The van der Waals surface area contributed by atoms with E-state index in [2.05, 4.69) is 6.58 Å². The largest absolute Gasteiger partial charge is 0.217 e. The number of hydrogen-bond acceptors (Lipinski definition) is 2. The summed E-state index contributed by atoms with van der Waals surface area (Å²) in [6.07, 6.45) is 4.29. The molecule has 0 aliphatic carbocycles. The van der Waals surface area contributed by atoms with Gasteiger partial charge in [0, 0.05) is 13.1 Å². The molecule has 3 nitrogen and oxygen atoms in total. The van der Waals surface area contributed by atoms with Gasteiger partial charge in [-0.1, -0.05) is 25.0 Å². The molecule has 1 aliphatic heterocycles. The molecule has 1 aliphatic rings. The second-order valence-corrected chi connectivity index (χ2v) is 6.00. The highest BCUT2D eigenvalue weighted by Crippen LogP contribution is 2.14. The van der Waals surface area contributed by atoms with Crippen LogP contribution in [0.4, 0.5) is 0 Å². The number of rotatable bonds is 3. The molecule has 0 amide bonds. The maximum Gasteiger partial charge on any atom is 0.217 e. The highest BCUT2D eigenvalue weighted by Gasteiger charge is 2.22. The van der Waals surface area contributed by atoms with Gasteiger partial charge in [-0.3, -0.25) is 0 Å². The summed E-state index contributed by atoms with van der Waals surface area (Å²) < 4.78 is 25.2. The molecule has 82 valence electrons. The van der Waals surface area contributed by atoms with Crippen molar-refractivity contribution in [2.24, 2.45) is 0 Å². The van der Waals surface area contributed by atoms with Gasteiger partial charge in [-0.15, -0.1) is 0 Å². The lowest BCUT2D eigenvalue weighted by Gasteiger charge is -2.19. The molecule has 1 saturated heterocycles. The first kappa shape index (κ1) is 11.7. The quantitative estimate of drug-likeness (QED) is 0.676. The van der Waals surface area contributed by atoms with E-state index in [1.807, 2.05) is 0 Å². The summed E-state index contributed by atoms with van der Waals surface area (Å²) in [5.41, 5.74) is 0.717. The van der Waals surface area contributed by atoms with E-state index in [-0.39, 0.29) is 5.75 Å². The van der Waals surface area contributed by atoms with Crippen LogP contribution < -0.4 is 0 Å². The molecule has 0 saturated carbocycles. The van der Waals surface area contributed by atoms with Crippen LogP contribution in [-0.2, 0) is 10.0 Å².